The van der Waals surface area contributed by atoms with Crippen LogP contribution in [0.1, 0.15) is 0 Å². The molecule has 0 aliphatic heterocycles. The lowest BCUT2D eigenvalue weighted by molar-refractivity contribution is 0.398. The van der Waals surface area contributed by atoms with Crippen molar-refractivity contribution in [2.24, 2.45) is 0 Å². The molecule has 0 saturated heterocycles. The summed E-state index contributed by atoms with van der Waals surface area (Å²) in [6.45, 7) is 0. The van der Waals surface area contributed by atoms with Crippen molar-refractivity contribution in [2.75, 3.05) is 21.3 Å². The number of hydrogen-bond donors (Lipinski definition) is 1. The minimum Gasteiger partial charge on any atom is -0.508 e. The first-order valence-electron chi connectivity index (χ1n) is 8.61. The molecule has 0 aliphatic carbocycles. The lowest BCUT2D eigenvalue weighted by atomic mass is 9.92. The zero-order chi connectivity index (χ0) is 19.0. The molecule has 136 valence electrons. The van der Waals surface area contributed by atoms with Crippen molar-refractivity contribution in [3.05, 3.63) is 60.7 Å². The average Bonchev–Trinajstić information content (AvgIpc) is 2.71. The summed E-state index contributed by atoms with van der Waals surface area (Å²) in [6, 6.07) is 19.3. The van der Waals surface area contributed by atoms with Crippen molar-refractivity contribution in [2.45, 2.75) is 0 Å². The third kappa shape index (κ3) is 2.79. The number of fused-ring (bicyclic) bond motifs is 2. The fourth-order valence-electron chi connectivity index (χ4n) is 3.61. The molecule has 0 saturated carbocycles. The van der Waals surface area contributed by atoms with E-state index in [0.717, 1.165) is 38.4 Å². The number of benzene rings is 4. The number of ether oxygens (including phenoxy) is 3. The highest BCUT2D eigenvalue weighted by molar-refractivity contribution is 6.10. The van der Waals surface area contributed by atoms with Gasteiger partial charge in [0.05, 0.1) is 21.3 Å². The topological polar surface area (TPSA) is 47.9 Å². The Morgan fingerprint density at radius 3 is 2.22 bits per heavy atom. The number of methoxy groups -OCH3 is 3. The SMILES string of the molecule is COc1cc(OC)c2c(-c3c(OC)ccc4ccccc34)cc(O)cc2c1. The average molecular weight is 360 g/mol. The van der Waals surface area contributed by atoms with Gasteiger partial charge in [0.25, 0.3) is 0 Å². The molecule has 4 rings (SSSR count). The number of aromatic hydroxyl groups is 1. The Kier molecular flexibility index (Phi) is 4.24. The zero-order valence-electron chi connectivity index (χ0n) is 15.4. The summed E-state index contributed by atoms with van der Waals surface area (Å²) in [6.07, 6.45) is 0. The van der Waals surface area contributed by atoms with Crippen LogP contribution in [0.2, 0.25) is 0 Å². The largest absolute Gasteiger partial charge is 0.508 e. The van der Waals surface area contributed by atoms with Crippen LogP contribution in [-0.2, 0) is 0 Å². The van der Waals surface area contributed by atoms with Gasteiger partial charge >= 0.3 is 0 Å². The van der Waals surface area contributed by atoms with Gasteiger partial charge in [0.2, 0.25) is 0 Å². The maximum Gasteiger partial charge on any atom is 0.131 e. The third-order valence-electron chi connectivity index (χ3n) is 4.81. The molecule has 4 heteroatoms. The lowest BCUT2D eigenvalue weighted by Gasteiger charge is -2.17. The van der Waals surface area contributed by atoms with E-state index in [1.807, 2.05) is 36.4 Å². The predicted molar refractivity (Wildman–Crippen MR) is 108 cm³/mol. The number of rotatable bonds is 4. The van der Waals surface area contributed by atoms with Crippen LogP contribution in [0, 0.1) is 0 Å². The summed E-state index contributed by atoms with van der Waals surface area (Å²) in [5, 5.41) is 14.3. The molecular formula is C23H20O4. The molecule has 0 aromatic heterocycles. The summed E-state index contributed by atoms with van der Waals surface area (Å²) in [5.41, 5.74) is 1.76. The van der Waals surface area contributed by atoms with Crippen LogP contribution in [0.4, 0.5) is 0 Å². The van der Waals surface area contributed by atoms with Crippen LogP contribution in [0.15, 0.2) is 60.7 Å². The first kappa shape index (κ1) is 17.0. The van der Waals surface area contributed by atoms with Crippen LogP contribution < -0.4 is 14.2 Å². The quantitative estimate of drug-likeness (QED) is 0.530. The minimum atomic E-state index is 0.169. The molecular weight excluding hydrogens is 340 g/mol. The third-order valence-corrected chi connectivity index (χ3v) is 4.81. The molecule has 0 spiro atoms. The van der Waals surface area contributed by atoms with Crippen LogP contribution in [0.3, 0.4) is 0 Å². The highest BCUT2D eigenvalue weighted by Crippen LogP contribution is 2.45. The first-order valence-corrected chi connectivity index (χ1v) is 8.61. The first-order chi connectivity index (χ1) is 13.2. The van der Waals surface area contributed by atoms with Gasteiger partial charge in [-0.2, -0.15) is 0 Å². The van der Waals surface area contributed by atoms with E-state index < -0.39 is 0 Å². The summed E-state index contributed by atoms with van der Waals surface area (Å²) in [5.74, 6) is 2.25. The molecule has 0 radical (unpaired) electrons. The van der Waals surface area contributed by atoms with Gasteiger partial charge in [0.15, 0.2) is 0 Å². The summed E-state index contributed by atoms with van der Waals surface area (Å²) in [7, 11) is 4.89. The van der Waals surface area contributed by atoms with Gasteiger partial charge in [0, 0.05) is 22.6 Å². The smallest absolute Gasteiger partial charge is 0.131 e. The summed E-state index contributed by atoms with van der Waals surface area (Å²) in [4.78, 5) is 0. The van der Waals surface area contributed by atoms with Crippen molar-refractivity contribution in [3.8, 4) is 34.1 Å². The van der Waals surface area contributed by atoms with Gasteiger partial charge in [-0.1, -0.05) is 30.3 Å². The zero-order valence-corrected chi connectivity index (χ0v) is 15.4. The fourth-order valence-corrected chi connectivity index (χ4v) is 3.61. The molecule has 0 heterocycles. The van der Waals surface area contributed by atoms with Gasteiger partial charge in [-0.25, -0.2) is 0 Å². The maximum atomic E-state index is 10.4. The summed E-state index contributed by atoms with van der Waals surface area (Å²) >= 11 is 0. The van der Waals surface area contributed by atoms with Gasteiger partial charge in [0.1, 0.15) is 23.0 Å². The Hall–Kier alpha value is -3.40. The highest BCUT2D eigenvalue weighted by Gasteiger charge is 2.18. The maximum absolute atomic E-state index is 10.4. The Labute approximate surface area is 157 Å². The molecule has 0 unspecified atom stereocenters. The highest BCUT2D eigenvalue weighted by atomic mass is 16.5. The molecule has 0 fully saturated rings. The van der Waals surface area contributed by atoms with E-state index >= 15 is 0 Å². The lowest BCUT2D eigenvalue weighted by Crippen LogP contribution is -1.94. The molecule has 1 N–H and O–H groups in total. The number of phenolic OH excluding ortho intramolecular Hbond substituents is 1. The predicted octanol–water partition coefficient (Wildman–Crippen LogP) is 5.39. The van der Waals surface area contributed by atoms with Gasteiger partial charge in [-0.05, 0) is 40.4 Å². The van der Waals surface area contributed by atoms with E-state index in [1.165, 1.54) is 0 Å². The Morgan fingerprint density at radius 1 is 0.704 bits per heavy atom. The normalized spacial score (nSPS) is 10.9. The molecule has 0 amide bonds. The molecule has 4 aromatic rings. The van der Waals surface area contributed by atoms with Crippen molar-refractivity contribution >= 4 is 21.5 Å². The summed E-state index contributed by atoms with van der Waals surface area (Å²) < 4.78 is 16.7. The molecule has 4 aromatic carbocycles. The van der Waals surface area contributed by atoms with E-state index in [2.05, 4.69) is 12.1 Å². The number of phenols is 1. The van der Waals surface area contributed by atoms with Crippen molar-refractivity contribution in [1.82, 2.24) is 0 Å². The second-order valence-electron chi connectivity index (χ2n) is 6.29. The second-order valence-corrected chi connectivity index (χ2v) is 6.29. The number of hydrogen-bond acceptors (Lipinski definition) is 4. The van der Waals surface area contributed by atoms with Gasteiger partial charge in [-0.15, -0.1) is 0 Å². The molecule has 0 bridgehead atoms. The Bertz CT molecular complexity index is 1150. The Morgan fingerprint density at radius 2 is 1.48 bits per heavy atom. The van der Waals surface area contributed by atoms with Gasteiger partial charge < -0.3 is 19.3 Å². The van der Waals surface area contributed by atoms with Crippen LogP contribution in [0.25, 0.3) is 32.7 Å². The van der Waals surface area contributed by atoms with Gasteiger partial charge in [-0.3, -0.25) is 0 Å². The van der Waals surface area contributed by atoms with Crippen molar-refractivity contribution in [1.29, 1.82) is 0 Å². The van der Waals surface area contributed by atoms with E-state index in [0.29, 0.717) is 11.5 Å². The standard InChI is InChI=1S/C23H20O4/c1-25-17-11-15-10-16(24)12-19(22(15)21(13-17)27-3)23-18-7-5-4-6-14(18)8-9-20(23)26-2/h4-13,24H,1-3H3. The van der Waals surface area contributed by atoms with E-state index in [1.54, 1.807) is 33.5 Å². The van der Waals surface area contributed by atoms with Crippen LogP contribution >= 0.6 is 0 Å². The van der Waals surface area contributed by atoms with E-state index in [9.17, 15) is 5.11 Å². The second kappa shape index (κ2) is 6.72. The molecule has 0 atom stereocenters. The van der Waals surface area contributed by atoms with Crippen LogP contribution in [-0.4, -0.2) is 26.4 Å². The van der Waals surface area contributed by atoms with E-state index in [4.69, 9.17) is 14.2 Å². The molecule has 4 nitrogen and oxygen atoms in total. The fraction of sp³-hybridized carbons (Fsp3) is 0.130. The van der Waals surface area contributed by atoms with Crippen molar-refractivity contribution < 1.29 is 19.3 Å². The van der Waals surface area contributed by atoms with Crippen molar-refractivity contribution in [3.63, 3.8) is 0 Å². The van der Waals surface area contributed by atoms with Crippen LogP contribution in [0.5, 0.6) is 23.0 Å². The molecule has 0 aliphatic rings. The van der Waals surface area contributed by atoms with E-state index in [-0.39, 0.29) is 5.75 Å². The monoisotopic (exact) mass is 360 g/mol. The Balaban J connectivity index is 2.19. The minimum absolute atomic E-state index is 0.169. The molecule has 27 heavy (non-hydrogen) atoms.